The zero-order valence-electron chi connectivity index (χ0n) is 16.0. The summed E-state index contributed by atoms with van der Waals surface area (Å²) in [6.45, 7) is 5.07. The van der Waals surface area contributed by atoms with Crippen molar-refractivity contribution in [2.45, 2.75) is 20.3 Å². The lowest BCUT2D eigenvalue weighted by molar-refractivity contribution is -0.124. The summed E-state index contributed by atoms with van der Waals surface area (Å²) in [5, 5.41) is 2.75. The number of halogens is 1. The van der Waals surface area contributed by atoms with Gasteiger partial charge in [0.25, 0.3) is 5.91 Å². The summed E-state index contributed by atoms with van der Waals surface area (Å²) in [5.74, 6) is 0.552. The molecule has 28 heavy (non-hydrogen) atoms. The van der Waals surface area contributed by atoms with Crippen LogP contribution in [0.2, 0.25) is 0 Å². The lowest BCUT2D eigenvalue weighted by atomic mass is 10.1. The highest BCUT2D eigenvalue weighted by molar-refractivity contribution is 14.1. The summed E-state index contributed by atoms with van der Waals surface area (Å²) in [7, 11) is 0. The van der Waals surface area contributed by atoms with Crippen molar-refractivity contribution in [3.8, 4) is 11.5 Å². The fraction of sp³-hybridized carbons (Fsp3) is 0.333. The van der Waals surface area contributed by atoms with Gasteiger partial charge in [-0.15, -0.1) is 0 Å². The molecule has 0 aliphatic rings. The van der Waals surface area contributed by atoms with Crippen LogP contribution in [0.25, 0.3) is 0 Å². The van der Waals surface area contributed by atoms with Gasteiger partial charge >= 0.3 is 5.97 Å². The molecular formula is C21H24INO5. The van der Waals surface area contributed by atoms with Gasteiger partial charge in [0.1, 0.15) is 0 Å². The van der Waals surface area contributed by atoms with Crippen molar-refractivity contribution >= 4 is 34.5 Å². The van der Waals surface area contributed by atoms with E-state index in [0.29, 0.717) is 43.2 Å². The van der Waals surface area contributed by atoms with E-state index in [1.165, 1.54) is 0 Å². The molecule has 0 radical (unpaired) electrons. The molecule has 0 aromatic heterocycles. The summed E-state index contributed by atoms with van der Waals surface area (Å²) in [4.78, 5) is 23.9. The number of amides is 1. The first-order chi connectivity index (χ1) is 13.5. The molecule has 150 valence electrons. The average molecular weight is 497 g/mol. The highest BCUT2D eigenvalue weighted by Gasteiger charge is 2.11. The topological polar surface area (TPSA) is 73.9 Å². The fourth-order valence-electron chi connectivity index (χ4n) is 2.48. The van der Waals surface area contributed by atoms with Crippen molar-refractivity contribution in [3.63, 3.8) is 0 Å². The Hall–Kier alpha value is -2.29. The first-order valence-corrected chi connectivity index (χ1v) is 10.2. The number of carbonyl (C=O) groups excluding carboxylic acids is 2. The van der Waals surface area contributed by atoms with E-state index in [-0.39, 0.29) is 12.5 Å². The van der Waals surface area contributed by atoms with Gasteiger partial charge in [-0.1, -0.05) is 12.1 Å². The number of hydrogen-bond donors (Lipinski definition) is 1. The minimum Gasteiger partial charge on any atom is -0.490 e. The predicted molar refractivity (Wildman–Crippen MR) is 115 cm³/mol. The van der Waals surface area contributed by atoms with Crippen LogP contribution in [0.5, 0.6) is 11.5 Å². The Morgan fingerprint density at radius 1 is 1.00 bits per heavy atom. The van der Waals surface area contributed by atoms with Crippen LogP contribution in [-0.2, 0) is 16.0 Å². The van der Waals surface area contributed by atoms with Crippen molar-refractivity contribution in [1.29, 1.82) is 0 Å². The van der Waals surface area contributed by atoms with Gasteiger partial charge < -0.3 is 19.5 Å². The van der Waals surface area contributed by atoms with Crippen molar-refractivity contribution in [2.24, 2.45) is 0 Å². The Morgan fingerprint density at radius 3 is 2.46 bits per heavy atom. The summed E-state index contributed by atoms with van der Waals surface area (Å²) in [6, 6.07) is 12.7. The van der Waals surface area contributed by atoms with E-state index in [1.54, 1.807) is 18.2 Å². The molecule has 6 nitrogen and oxygen atoms in total. The maximum atomic E-state index is 11.9. The number of hydrogen-bond acceptors (Lipinski definition) is 5. The van der Waals surface area contributed by atoms with Crippen LogP contribution >= 0.6 is 22.6 Å². The fourth-order valence-corrected chi connectivity index (χ4v) is 3.02. The molecule has 2 rings (SSSR count). The summed E-state index contributed by atoms with van der Waals surface area (Å²) >= 11 is 2.11. The van der Waals surface area contributed by atoms with Gasteiger partial charge in [0.2, 0.25) is 0 Å². The first kappa shape index (κ1) is 22.0. The molecule has 0 saturated carbocycles. The molecule has 0 aliphatic carbocycles. The summed E-state index contributed by atoms with van der Waals surface area (Å²) in [6.07, 6.45) is 0.628. The van der Waals surface area contributed by atoms with E-state index in [4.69, 9.17) is 14.2 Å². The molecular weight excluding hydrogens is 473 g/mol. The van der Waals surface area contributed by atoms with Crippen molar-refractivity contribution < 1.29 is 23.8 Å². The number of benzene rings is 2. The molecule has 0 bridgehead atoms. The van der Waals surface area contributed by atoms with E-state index < -0.39 is 5.97 Å². The Kier molecular flexibility index (Phi) is 9.06. The Morgan fingerprint density at radius 2 is 1.75 bits per heavy atom. The van der Waals surface area contributed by atoms with Gasteiger partial charge in [-0.25, -0.2) is 4.79 Å². The zero-order valence-corrected chi connectivity index (χ0v) is 18.2. The summed E-state index contributed by atoms with van der Waals surface area (Å²) < 4.78 is 17.1. The average Bonchev–Trinajstić information content (AvgIpc) is 2.68. The van der Waals surface area contributed by atoms with Gasteiger partial charge in [-0.3, -0.25) is 4.79 Å². The summed E-state index contributed by atoms with van der Waals surface area (Å²) in [5.41, 5.74) is 1.45. The van der Waals surface area contributed by atoms with Gasteiger partial charge in [0.15, 0.2) is 18.1 Å². The third kappa shape index (κ3) is 7.03. The van der Waals surface area contributed by atoms with Gasteiger partial charge in [0, 0.05) is 10.1 Å². The number of rotatable bonds is 10. The number of carbonyl (C=O) groups is 2. The van der Waals surface area contributed by atoms with Gasteiger partial charge in [-0.2, -0.15) is 0 Å². The van der Waals surface area contributed by atoms with Crippen LogP contribution in [0, 0.1) is 3.57 Å². The van der Waals surface area contributed by atoms with Crippen molar-refractivity contribution in [3.05, 3.63) is 57.2 Å². The van der Waals surface area contributed by atoms with Crippen molar-refractivity contribution in [2.75, 3.05) is 26.4 Å². The molecule has 0 spiro atoms. The molecule has 2 aromatic carbocycles. The molecule has 0 heterocycles. The SMILES string of the molecule is CCOc1ccc(CCNC(=O)COC(=O)c2cccc(I)c2)cc1OCC. The van der Waals surface area contributed by atoms with Crippen LogP contribution in [0.3, 0.4) is 0 Å². The lowest BCUT2D eigenvalue weighted by Crippen LogP contribution is -2.30. The standard InChI is InChI=1S/C21H24INO5/c1-3-26-18-9-8-15(12-19(18)27-4-2)10-11-23-20(24)14-28-21(25)16-6-5-7-17(22)13-16/h5-9,12-13H,3-4,10-11,14H2,1-2H3,(H,23,24). The molecule has 2 aromatic rings. The minimum atomic E-state index is -0.512. The number of nitrogens with one attached hydrogen (secondary N) is 1. The van der Waals surface area contributed by atoms with Crippen LogP contribution < -0.4 is 14.8 Å². The van der Waals surface area contributed by atoms with Crippen LogP contribution in [0.15, 0.2) is 42.5 Å². The van der Waals surface area contributed by atoms with Crippen LogP contribution in [-0.4, -0.2) is 38.2 Å². The zero-order chi connectivity index (χ0) is 20.4. The van der Waals surface area contributed by atoms with E-state index in [1.807, 2.05) is 38.1 Å². The van der Waals surface area contributed by atoms with E-state index in [9.17, 15) is 9.59 Å². The van der Waals surface area contributed by atoms with Gasteiger partial charge in [-0.05, 0) is 78.8 Å². The van der Waals surface area contributed by atoms with Crippen LogP contribution in [0.4, 0.5) is 0 Å². The number of ether oxygens (including phenoxy) is 3. The largest absolute Gasteiger partial charge is 0.490 e. The molecule has 0 aliphatic heterocycles. The van der Waals surface area contributed by atoms with Crippen molar-refractivity contribution in [1.82, 2.24) is 5.32 Å². The Labute approximate surface area is 178 Å². The molecule has 0 unspecified atom stereocenters. The van der Waals surface area contributed by atoms with Crippen LogP contribution in [0.1, 0.15) is 29.8 Å². The van der Waals surface area contributed by atoms with E-state index >= 15 is 0 Å². The monoisotopic (exact) mass is 497 g/mol. The van der Waals surface area contributed by atoms with E-state index in [0.717, 1.165) is 9.13 Å². The Balaban J connectivity index is 1.78. The molecule has 0 atom stereocenters. The normalized spacial score (nSPS) is 10.2. The molecule has 0 saturated heterocycles. The minimum absolute atomic E-state index is 0.308. The van der Waals surface area contributed by atoms with E-state index in [2.05, 4.69) is 27.9 Å². The third-order valence-electron chi connectivity index (χ3n) is 3.74. The number of esters is 1. The second kappa shape index (κ2) is 11.5. The molecule has 0 fully saturated rings. The second-order valence-corrected chi connectivity index (χ2v) is 7.08. The highest BCUT2D eigenvalue weighted by atomic mass is 127. The highest BCUT2D eigenvalue weighted by Crippen LogP contribution is 2.28. The second-order valence-electron chi connectivity index (χ2n) is 5.83. The Bertz CT molecular complexity index is 809. The maximum Gasteiger partial charge on any atom is 0.338 e. The molecule has 1 amide bonds. The smallest absolute Gasteiger partial charge is 0.338 e. The molecule has 7 heteroatoms. The maximum absolute atomic E-state index is 11.9. The first-order valence-electron chi connectivity index (χ1n) is 9.11. The predicted octanol–water partition coefficient (Wildman–Crippen LogP) is 3.60. The lowest BCUT2D eigenvalue weighted by Gasteiger charge is -2.12. The van der Waals surface area contributed by atoms with Gasteiger partial charge in [0.05, 0.1) is 18.8 Å². The quantitative estimate of drug-likeness (QED) is 0.401. The molecule has 1 N–H and O–H groups in total. The third-order valence-corrected chi connectivity index (χ3v) is 4.41.